The summed E-state index contributed by atoms with van der Waals surface area (Å²) in [4.78, 5) is 21.6. The van der Waals surface area contributed by atoms with Crippen LogP contribution in [0.25, 0.3) is 0 Å². The van der Waals surface area contributed by atoms with Gasteiger partial charge in [-0.2, -0.15) is 13.2 Å². The van der Waals surface area contributed by atoms with Crippen LogP contribution in [0.5, 0.6) is 0 Å². The van der Waals surface area contributed by atoms with Gasteiger partial charge in [0, 0.05) is 12.7 Å². The topological polar surface area (TPSA) is 85.8 Å². The molecule has 3 heterocycles. The van der Waals surface area contributed by atoms with E-state index in [1.165, 1.54) is 4.90 Å². The second-order valence-corrected chi connectivity index (χ2v) is 8.10. The number of hydrogen-bond acceptors (Lipinski definition) is 7. The number of alkyl halides is 3. The van der Waals surface area contributed by atoms with Gasteiger partial charge in [-0.05, 0) is 25.5 Å². The van der Waals surface area contributed by atoms with Gasteiger partial charge in [0.1, 0.15) is 24.5 Å². The third-order valence-corrected chi connectivity index (χ3v) is 5.16. The molecule has 0 radical (unpaired) electrons. The zero-order chi connectivity index (χ0) is 22.9. The Bertz CT molecular complexity index is 958. The molecule has 32 heavy (non-hydrogen) atoms. The average molecular weight is 452 g/mol. The zero-order valence-electron chi connectivity index (χ0n) is 17.5. The number of carbonyl (C=O) groups excluding carboxylic acids is 1. The molecule has 11 heteroatoms. The van der Waals surface area contributed by atoms with E-state index in [1.807, 2.05) is 30.3 Å². The number of hydrogen-bond donors (Lipinski definition) is 1. The lowest BCUT2D eigenvalue weighted by Crippen LogP contribution is -2.58. The van der Waals surface area contributed by atoms with Crippen molar-refractivity contribution in [2.45, 2.75) is 50.7 Å². The number of anilines is 1. The molecule has 2 saturated heterocycles. The maximum Gasteiger partial charge on any atom is 0.433 e. The summed E-state index contributed by atoms with van der Waals surface area (Å²) in [6.07, 6.45) is -5.14. The van der Waals surface area contributed by atoms with E-state index in [-0.39, 0.29) is 25.6 Å². The molecular formula is C21H23F3N4O4. The molecule has 2 aromatic rings. The minimum atomic E-state index is -4.60. The summed E-state index contributed by atoms with van der Waals surface area (Å²) < 4.78 is 56.3. The highest BCUT2D eigenvalue weighted by atomic mass is 19.4. The summed E-state index contributed by atoms with van der Waals surface area (Å²) in [5.74, 6) is -1.12. The molecule has 8 nitrogen and oxygen atoms in total. The summed E-state index contributed by atoms with van der Waals surface area (Å²) in [7, 11) is 0. The van der Waals surface area contributed by atoms with Gasteiger partial charge in [0.25, 0.3) is 0 Å². The van der Waals surface area contributed by atoms with Gasteiger partial charge in [-0.3, -0.25) is 0 Å². The molecule has 0 saturated carbocycles. The van der Waals surface area contributed by atoms with Crippen molar-refractivity contribution in [3.05, 3.63) is 53.9 Å². The number of halogens is 3. The van der Waals surface area contributed by atoms with Crippen LogP contribution in [0, 0.1) is 0 Å². The van der Waals surface area contributed by atoms with Gasteiger partial charge in [-0.1, -0.05) is 30.3 Å². The molecule has 4 rings (SSSR count). The SMILES string of the molecule is CC1(C)O[C@@H]2[C@@H](Nc3nccc(C(F)(F)F)n3)CN(C(=O)OCc3ccccc3)C[C@@H]2O1. The number of ether oxygens (including phenoxy) is 3. The fraction of sp³-hybridized carbons (Fsp3) is 0.476. The predicted molar refractivity (Wildman–Crippen MR) is 106 cm³/mol. The largest absolute Gasteiger partial charge is 0.445 e. The first-order chi connectivity index (χ1) is 15.1. The van der Waals surface area contributed by atoms with Crippen molar-refractivity contribution in [2.75, 3.05) is 18.4 Å². The fourth-order valence-corrected chi connectivity index (χ4v) is 3.82. The fourth-order valence-electron chi connectivity index (χ4n) is 3.82. The van der Waals surface area contributed by atoms with E-state index in [0.29, 0.717) is 0 Å². The van der Waals surface area contributed by atoms with Gasteiger partial charge in [-0.25, -0.2) is 14.8 Å². The summed E-state index contributed by atoms with van der Waals surface area (Å²) in [5.41, 5.74) is -0.227. The quantitative estimate of drug-likeness (QED) is 0.761. The Hall–Kier alpha value is -2.92. The van der Waals surface area contributed by atoms with E-state index in [0.717, 1.165) is 17.8 Å². The van der Waals surface area contributed by atoms with Crippen LogP contribution in [0.1, 0.15) is 25.1 Å². The van der Waals surface area contributed by atoms with Gasteiger partial charge in [0.2, 0.25) is 5.95 Å². The third-order valence-electron chi connectivity index (χ3n) is 5.16. The van der Waals surface area contributed by atoms with E-state index < -0.39 is 42.0 Å². The molecule has 0 spiro atoms. The number of fused-ring (bicyclic) bond motifs is 1. The van der Waals surface area contributed by atoms with Crippen LogP contribution in [0.2, 0.25) is 0 Å². The van der Waals surface area contributed by atoms with Crippen molar-refractivity contribution in [3.63, 3.8) is 0 Å². The Morgan fingerprint density at radius 3 is 2.69 bits per heavy atom. The number of benzene rings is 1. The smallest absolute Gasteiger partial charge is 0.433 e. The standard InChI is InChI=1S/C21H23F3N4O4/c1-20(2)31-15-11-28(19(29)30-12-13-6-4-3-5-7-13)10-14(17(15)32-20)26-18-25-9-8-16(27-18)21(22,23)24/h3-9,14-15,17H,10-12H2,1-2H3,(H,25,26,27)/t14-,15-,17+/m0/s1. The van der Waals surface area contributed by atoms with Crippen molar-refractivity contribution >= 4 is 12.0 Å². The molecule has 0 aliphatic carbocycles. The molecule has 2 fully saturated rings. The summed E-state index contributed by atoms with van der Waals surface area (Å²) in [6, 6.07) is 9.41. The minimum absolute atomic E-state index is 0.0992. The number of nitrogens with one attached hydrogen (secondary N) is 1. The second kappa shape index (κ2) is 8.55. The van der Waals surface area contributed by atoms with Crippen molar-refractivity contribution in [3.8, 4) is 0 Å². The van der Waals surface area contributed by atoms with Gasteiger partial charge in [0.15, 0.2) is 5.79 Å². The summed E-state index contributed by atoms with van der Waals surface area (Å²) >= 11 is 0. The van der Waals surface area contributed by atoms with Crippen molar-refractivity contribution in [1.82, 2.24) is 14.9 Å². The molecule has 1 N–H and O–H groups in total. The monoisotopic (exact) mass is 452 g/mol. The molecule has 2 aliphatic rings. The molecule has 2 aliphatic heterocycles. The molecular weight excluding hydrogens is 429 g/mol. The van der Waals surface area contributed by atoms with Gasteiger partial charge >= 0.3 is 12.3 Å². The Balaban J connectivity index is 1.49. The lowest BCUT2D eigenvalue weighted by Gasteiger charge is -2.38. The second-order valence-electron chi connectivity index (χ2n) is 8.10. The average Bonchev–Trinajstić information content (AvgIpc) is 3.06. The lowest BCUT2D eigenvalue weighted by molar-refractivity contribution is -0.145. The van der Waals surface area contributed by atoms with E-state index >= 15 is 0 Å². The highest BCUT2D eigenvalue weighted by Crippen LogP contribution is 2.35. The van der Waals surface area contributed by atoms with Crippen LogP contribution >= 0.6 is 0 Å². The van der Waals surface area contributed by atoms with Crippen LogP contribution in [-0.2, 0) is 27.0 Å². The van der Waals surface area contributed by atoms with E-state index in [4.69, 9.17) is 14.2 Å². The summed E-state index contributed by atoms with van der Waals surface area (Å²) in [6.45, 7) is 3.92. The molecule has 172 valence electrons. The lowest BCUT2D eigenvalue weighted by atomic mass is 10.00. The van der Waals surface area contributed by atoms with Crippen LogP contribution in [0.4, 0.5) is 23.9 Å². The Morgan fingerprint density at radius 2 is 1.97 bits per heavy atom. The van der Waals surface area contributed by atoms with Crippen LogP contribution in [-0.4, -0.2) is 58.1 Å². The maximum atomic E-state index is 13.0. The number of amides is 1. The first-order valence-corrected chi connectivity index (χ1v) is 10.1. The molecule has 3 atom stereocenters. The Labute approximate surface area is 182 Å². The number of nitrogens with zero attached hydrogens (tertiary/aromatic N) is 3. The zero-order valence-corrected chi connectivity index (χ0v) is 17.5. The number of likely N-dealkylation sites (tertiary alicyclic amines) is 1. The van der Waals surface area contributed by atoms with Crippen LogP contribution in [0.15, 0.2) is 42.6 Å². The van der Waals surface area contributed by atoms with Crippen molar-refractivity contribution in [1.29, 1.82) is 0 Å². The molecule has 1 aromatic carbocycles. The number of carbonyl (C=O) groups is 1. The first-order valence-electron chi connectivity index (χ1n) is 10.1. The van der Waals surface area contributed by atoms with Crippen molar-refractivity contribution < 1.29 is 32.2 Å². The molecule has 1 amide bonds. The Morgan fingerprint density at radius 1 is 1.22 bits per heavy atom. The number of rotatable bonds is 4. The minimum Gasteiger partial charge on any atom is -0.445 e. The van der Waals surface area contributed by atoms with E-state index in [1.54, 1.807) is 13.8 Å². The molecule has 0 unspecified atom stereocenters. The highest BCUT2D eigenvalue weighted by Gasteiger charge is 2.50. The summed E-state index contributed by atoms with van der Waals surface area (Å²) in [5, 5.41) is 2.88. The van der Waals surface area contributed by atoms with Gasteiger partial charge in [-0.15, -0.1) is 0 Å². The molecule has 1 aromatic heterocycles. The van der Waals surface area contributed by atoms with Crippen LogP contribution in [0.3, 0.4) is 0 Å². The first kappa shape index (κ1) is 22.3. The highest BCUT2D eigenvalue weighted by molar-refractivity contribution is 5.68. The van der Waals surface area contributed by atoms with E-state index in [2.05, 4.69) is 15.3 Å². The number of piperidine rings is 1. The normalized spacial score (nSPS) is 24.7. The van der Waals surface area contributed by atoms with Gasteiger partial charge < -0.3 is 24.4 Å². The van der Waals surface area contributed by atoms with Gasteiger partial charge in [0.05, 0.1) is 12.6 Å². The maximum absolute atomic E-state index is 13.0. The predicted octanol–water partition coefficient (Wildman–Crippen LogP) is 3.45. The third kappa shape index (κ3) is 5.10. The van der Waals surface area contributed by atoms with E-state index in [9.17, 15) is 18.0 Å². The van der Waals surface area contributed by atoms with Crippen molar-refractivity contribution in [2.24, 2.45) is 0 Å². The Kier molecular flexibility index (Phi) is 5.95. The number of aromatic nitrogens is 2. The molecule has 0 bridgehead atoms. The van der Waals surface area contributed by atoms with Crippen LogP contribution < -0.4 is 5.32 Å².